The first-order valence-corrected chi connectivity index (χ1v) is 10.7. The van der Waals surface area contributed by atoms with Crippen molar-refractivity contribution in [2.45, 2.75) is 29.7 Å². The highest BCUT2D eigenvalue weighted by Crippen LogP contribution is 2.33. The molecule has 3 N–H and O–H groups in total. The third kappa shape index (κ3) is 4.56. The topological polar surface area (TPSA) is 72.2 Å². The van der Waals surface area contributed by atoms with E-state index >= 15 is 0 Å². The first-order chi connectivity index (χ1) is 13.1. The van der Waals surface area contributed by atoms with Crippen molar-refractivity contribution in [2.24, 2.45) is 5.73 Å². The summed E-state index contributed by atoms with van der Waals surface area (Å²) < 4.78 is 63.6. The summed E-state index contributed by atoms with van der Waals surface area (Å²) in [5, 5.41) is 3.19. The van der Waals surface area contributed by atoms with Gasteiger partial charge < -0.3 is 11.1 Å². The molecule has 8 heteroatoms. The molecule has 0 radical (unpaired) electrons. The monoisotopic (exact) mass is 410 g/mol. The normalized spacial score (nSPS) is 20.0. The van der Waals surface area contributed by atoms with Crippen molar-refractivity contribution >= 4 is 15.5 Å². The van der Waals surface area contributed by atoms with E-state index in [0.717, 1.165) is 23.6 Å². The lowest BCUT2D eigenvalue weighted by atomic mass is 9.80. The summed E-state index contributed by atoms with van der Waals surface area (Å²) in [6, 6.07) is 7.43. The summed E-state index contributed by atoms with van der Waals surface area (Å²) in [6.07, 6.45) is 3.98. The van der Waals surface area contributed by atoms with Gasteiger partial charge in [0.15, 0.2) is 21.5 Å². The van der Waals surface area contributed by atoms with Crippen LogP contribution in [0.25, 0.3) is 0 Å². The number of hydrogen-bond acceptors (Lipinski definition) is 4. The minimum absolute atomic E-state index is 0.0889. The van der Waals surface area contributed by atoms with Gasteiger partial charge in [0.05, 0.1) is 4.90 Å². The Morgan fingerprint density at radius 1 is 1.07 bits per heavy atom. The smallest absolute Gasteiger partial charge is 0.175 e. The van der Waals surface area contributed by atoms with Crippen LogP contribution in [0.15, 0.2) is 52.9 Å². The Bertz CT molecular complexity index is 1000. The Hall–Kier alpha value is -2.32. The highest BCUT2D eigenvalue weighted by Gasteiger charge is 2.27. The van der Waals surface area contributed by atoms with Gasteiger partial charge in [-0.1, -0.05) is 11.6 Å². The third-order valence-corrected chi connectivity index (χ3v) is 6.04. The van der Waals surface area contributed by atoms with Crippen molar-refractivity contribution in [3.8, 4) is 0 Å². The molecule has 3 rings (SSSR count). The van der Waals surface area contributed by atoms with E-state index in [2.05, 4.69) is 5.32 Å². The maximum atomic E-state index is 14.0. The Balaban J connectivity index is 1.66. The fraction of sp³-hybridized carbons (Fsp3) is 0.300. The van der Waals surface area contributed by atoms with Crippen LogP contribution in [0.2, 0.25) is 0 Å². The van der Waals surface area contributed by atoms with Crippen molar-refractivity contribution < 1.29 is 21.6 Å². The van der Waals surface area contributed by atoms with Crippen LogP contribution >= 0.6 is 0 Å². The maximum Gasteiger partial charge on any atom is 0.175 e. The van der Waals surface area contributed by atoms with Crippen molar-refractivity contribution in [1.82, 2.24) is 0 Å². The molecule has 0 aliphatic heterocycles. The molecule has 0 spiro atoms. The molecule has 0 aromatic heterocycles. The first-order valence-electron chi connectivity index (χ1n) is 8.77. The number of halogens is 3. The second-order valence-corrected chi connectivity index (χ2v) is 9.03. The fourth-order valence-electron chi connectivity index (χ4n) is 3.36. The summed E-state index contributed by atoms with van der Waals surface area (Å²) in [4.78, 5) is 0.244. The molecule has 150 valence electrons. The second-order valence-electron chi connectivity index (χ2n) is 7.01. The van der Waals surface area contributed by atoms with Gasteiger partial charge in [0.2, 0.25) is 0 Å². The number of anilines is 1. The molecule has 0 saturated heterocycles. The maximum absolute atomic E-state index is 14.0. The van der Waals surface area contributed by atoms with E-state index in [9.17, 15) is 21.6 Å². The lowest BCUT2D eigenvalue weighted by molar-refractivity contribution is 0.455. The number of rotatable bonds is 5. The number of benzene rings is 2. The van der Waals surface area contributed by atoms with Crippen LogP contribution in [0.5, 0.6) is 0 Å². The van der Waals surface area contributed by atoms with Gasteiger partial charge in [-0.25, -0.2) is 21.6 Å². The number of allylic oxidation sites excluding steroid dienone is 1. The zero-order chi connectivity index (χ0) is 20.5. The van der Waals surface area contributed by atoms with Crippen molar-refractivity contribution in [3.63, 3.8) is 0 Å². The summed E-state index contributed by atoms with van der Waals surface area (Å²) in [5.74, 6) is -3.52. The summed E-state index contributed by atoms with van der Waals surface area (Å²) in [7, 11) is -3.24. The number of nitrogens with two attached hydrogens (primary N) is 1. The van der Waals surface area contributed by atoms with E-state index in [0.29, 0.717) is 25.5 Å². The molecular formula is C20H21F3N2O2S. The highest BCUT2D eigenvalue weighted by molar-refractivity contribution is 7.90. The molecule has 1 aliphatic carbocycles. The van der Waals surface area contributed by atoms with Gasteiger partial charge in [0.1, 0.15) is 5.82 Å². The van der Waals surface area contributed by atoms with E-state index in [1.54, 1.807) is 12.1 Å². The van der Waals surface area contributed by atoms with Gasteiger partial charge in [-0.05, 0) is 48.7 Å². The number of nitrogens with one attached hydrogen (secondary N) is 1. The van der Waals surface area contributed by atoms with E-state index in [-0.39, 0.29) is 10.5 Å². The third-order valence-electron chi connectivity index (χ3n) is 4.92. The van der Waals surface area contributed by atoms with Gasteiger partial charge in [-0.15, -0.1) is 0 Å². The van der Waals surface area contributed by atoms with Gasteiger partial charge >= 0.3 is 0 Å². The SMILES string of the molecule is CS(=O)(=O)c1ccc(NCC2=CC[C@@H](c3cc(F)c(F)cc3F)[C@H](N)C2)cc1. The predicted octanol–water partition coefficient (Wildman–Crippen LogP) is 3.75. The van der Waals surface area contributed by atoms with Crippen molar-refractivity contribution in [1.29, 1.82) is 0 Å². The Kier molecular flexibility index (Phi) is 5.81. The van der Waals surface area contributed by atoms with Crippen LogP contribution in [-0.2, 0) is 9.84 Å². The zero-order valence-electron chi connectivity index (χ0n) is 15.3. The molecule has 0 heterocycles. The molecule has 4 nitrogen and oxygen atoms in total. The van der Waals surface area contributed by atoms with E-state index in [1.165, 1.54) is 12.1 Å². The molecule has 1 aliphatic rings. The van der Waals surface area contributed by atoms with Crippen LogP contribution in [0.3, 0.4) is 0 Å². The molecule has 2 aromatic carbocycles. The van der Waals surface area contributed by atoms with Crippen LogP contribution in [-0.4, -0.2) is 27.3 Å². The molecule has 0 saturated carbocycles. The average molecular weight is 410 g/mol. The van der Waals surface area contributed by atoms with E-state index in [1.807, 2.05) is 6.08 Å². The lowest BCUT2D eigenvalue weighted by Crippen LogP contribution is -2.33. The molecule has 28 heavy (non-hydrogen) atoms. The Morgan fingerprint density at radius 2 is 1.71 bits per heavy atom. The van der Waals surface area contributed by atoms with Crippen LogP contribution in [0, 0.1) is 17.5 Å². The zero-order valence-corrected chi connectivity index (χ0v) is 16.1. The van der Waals surface area contributed by atoms with E-state index in [4.69, 9.17) is 5.73 Å². The lowest BCUT2D eigenvalue weighted by Gasteiger charge is -2.29. The predicted molar refractivity (Wildman–Crippen MR) is 102 cm³/mol. The average Bonchev–Trinajstić information content (AvgIpc) is 2.63. The van der Waals surface area contributed by atoms with Gasteiger partial charge in [-0.3, -0.25) is 0 Å². The standard InChI is InChI=1S/C20H21F3N2O2S/c1-28(26,27)14-5-3-13(4-6-14)25-11-12-2-7-15(20(24)8-12)16-9-18(22)19(23)10-17(16)21/h2-6,9-10,15,20,25H,7-8,11,24H2,1H3/t15-,20+/m0/s1. The molecular weight excluding hydrogens is 389 g/mol. The minimum Gasteiger partial charge on any atom is -0.381 e. The number of hydrogen-bond donors (Lipinski definition) is 2. The first kappa shape index (κ1) is 20.4. The molecule has 2 atom stereocenters. The molecule has 0 amide bonds. The quantitative estimate of drug-likeness (QED) is 0.582. The van der Waals surface area contributed by atoms with Crippen molar-refractivity contribution in [2.75, 3.05) is 18.1 Å². The highest BCUT2D eigenvalue weighted by atomic mass is 32.2. The van der Waals surface area contributed by atoms with Gasteiger partial charge in [0.25, 0.3) is 0 Å². The van der Waals surface area contributed by atoms with Crippen LogP contribution in [0.4, 0.5) is 18.9 Å². The summed E-state index contributed by atoms with van der Waals surface area (Å²) in [6.45, 7) is 0.499. The second kappa shape index (κ2) is 7.97. The van der Waals surface area contributed by atoms with Crippen LogP contribution in [0.1, 0.15) is 24.3 Å². The largest absolute Gasteiger partial charge is 0.381 e. The fourth-order valence-corrected chi connectivity index (χ4v) is 3.99. The van der Waals surface area contributed by atoms with Crippen molar-refractivity contribution in [3.05, 3.63) is 71.1 Å². The molecule has 0 bridgehead atoms. The Labute approximate surface area is 162 Å². The minimum atomic E-state index is -3.24. The molecule has 2 aromatic rings. The molecule has 0 fully saturated rings. The Morgan fingerprint density at radius 3 is 2.32 bits per heavy atom. The summed E-state index contributed by atoms with van der Waals surface area (Å²) >= 11 is 0. The molecule has 0 unspecified atom stereocenters. The summed E-state index contributed by atoms with van der Waals surface area (Å²) in [5.41, 5.74) is 8.04. The van der Waals surface area contributed by atoms with Crippen LogP contribution < -0.4 is 11.1 Å². The number of sulfone groups is 1. The van der Waals surface area contributed by atoms with E-state index < -0.39 is 39.2 Å². The van der Waals surface area contributed by atoms with Gasteiger partial charge in [-0.2, -0.15) is 0 Å². The van der Waals surface area contributed by atoms with Gasteiger partial charge in [0, 0.05) is 36.5 Å².